The van der Waals surface area contributed by atoms with Crippen molar-refractivity contribution in [3.05, 3.63) is 29.3 Å². The Morgan fingerprint density at radius 3 is 2.30 bits per heavy atom. The van der Waals surface area contributed by atoms with Crippen molar-refractivity contribution in [1.82, 2.24) is 9.80 Å². The molecule has 1 saturated heterocycles. The van der Waals surface area contributed by atoms with Crippen molar-refractivity contribution in [2.45, 2.75) is 13.8 Å². The van der Waals surface area contributed by atoms with E-state index in [0.717, 1.165) is 29.9 Å². The zero-order chi connectivity index (χ0) is 14.5. The number of hydrogen-bond acceptors (Lipinski definition) is 3. The topological polar surface area (TPSA) is 55.8 Å². The summed E-state index contributed by atoms with van der Waals surface area (Å²) in [4.78, 5) is 16.2. The first-order chi connectivity index (χ1) is 9.58. The molecule has 2 N–H and O–H groups in total. The molecule has 2 rings (SSSR count). The summed E-state index contributed by atoms with van der Waals surface area (Å²) in [7, 11) is 0. The minimum absolute atomic E-state index is 0.0429. The van der Waals surface area contributed by atoms with E-state index in [4.69, 9.17) is 5.11 Å². The van der Waals surface area contributed by atoms with Gasteiger partial charge in [0.1, 0.15) is 0 Å². The zero-order valence-electron chi connectivity index (χ0n) is 12.2. The predicted molar refractivity (Wildman–Crippen MR) is 80.0 cm³/mol. The van der Waals surface area contributed by atoms with Crippen molar-refractivity contribution in [1.29, 1.82) is 0 Å². The second-order valence-electron chi connectivity index (χ2n) is 5.36. The molecular weight excluding hydrogens is 254 g/mol. The molecule has 5 nitrogen and oxygen atoms in total. The van der Waals surface area contributed by atoms with Crippen LogP contribution in [0, 0.1) is 13.8 Å². The molecule has 0 unspecified atom stereocenters. The Kier molecular flexibility index (Phi) is 4.98. The van der Waals surface area contributed by atoms with E-state index in [0.29, 0.717) is 19.6 Å². The fourth-order valence-corrected chi connectivity index (χ4v) is 2.57. The molecule has 0 aliphatic carbocycles. The van der Waals surface area contributed by atoms with Gasteiger partial charge in [0.25, 0.3) is 0 Å². The minimum Gasteiger partial charge on any atom is -0.395 e. The molecule has 1 aromatic rings. The molecule has 2 amide bonds. The molecule has 0 radical (unpaired) electrons. The van der Waals surface area contributed by atoms with Crippen LogP contribution in [0.15, 0.2) is 18.2 Å². The van der Waals surface area contributed by atoms with Crippen molar-refractivity contribution < 1.29 is 9.90 Å². The van der Waals surface area contributed by atoms with Crippen LogP contribution in [0.2, 0.25) is 0 Å². The number of aliphatic hydroxyl groups is 1. The smallest absolute Gasteiger partial charge is 0.321 e. The fourth-order valence-electron chi connectivity index (χ4n) is 2.57. The zero-order valence-corrected chi connectivity index (χ0v) is 12.2. The highest BCUT2D eigenvalue weighted by Crippen LogP contribution is 2.14. The van der Waals surface area contributed by atoms with Crippen LogP contribution in [-0.2, 0) is 0 Å². The molecule has 1 fully saturated rings. The number of urea groups is 1. The molecule has 1 aliphatic rings. The van der Waals surface area contributed by atoms with E-state index in [1.807, 2.05) is 30.9 Å². The number of carbonyl (C=O) groups is 1. The number of nitrogens with zero attached hydrogens (tertiary/aromatic N) is 2. The average molecular weight is 277 g/mol. The molecule has 0 bridgehead atoms. The van der Waals surface area contributed by atoms with E-state index in [-0.39, 0.29) is 12.6 Å². The number of carbonyl (C=O) groups excluding carboxylic acids is 1. The van der Waals surface area contributed by atoms with Gasteiger partial charge in [0.15, 0.2) is 0 Å². The molecule has 1 heterocycles. The molecule has 0 spiro atoms. The first-order valence-corrected chi connectivity index (χ1v) is 7.06. The largest absolute Gasteiger partial charge is 0.395 e. The maximum absolute atomic E-state index is 12.2. The van der Waals surface area contributed by atoms with Crippen LogP contribution in [0.3, 0.4) is 0 Å². The van der Waals surface area contributed by atoms with Gasteiger partial charge >= 0.3 is 6.03 Å². The Hall–Kier alpha value is -1.59. The van der Waals surface area contributed by atoms with Gasteiger partial charge in [0.05, 0.1) is 6.61 Å². The average Bonchev–Trinajstić information content (AvgIpc) is 2.38. The van der Waals surface area contributed by atoms with Gasteiger partial charge in [-0.3, -0.25) is 4.90 Å². The van der Waals surface area contributed by atoms with Crippen LogP contribution in [0.1, 0.15) is 11.1 Å². The number of aryl methyl sites for hydroxylation is 2. The maximum atomic E-state index is 12.2. The van der Waals surface area contributed by atoms with Gasteiger partial charge < -0.3 is 15.3 Å². The lowest BCUT2D eigenvalue weighted by atomic mass is 10.1. The number of aliphatic hydroxyl groups excluding tert-OH is 1. The normalized spacial score (nSPS) is 16.2. The summed E-state index contributed by atoms with van der Waals surface area (Å²) >= 11 is 0. The number of nitrogens with one attached hydrogen (secondary N) is 1. The second-order valence-corrected chi connectivity index (χ2v) is 5.36. The summed E-state index contributed by atoms with van der Waals surface area (Å²) in [5.41, 5.74) is 3.14. The molecule has 0 saturated carbocycles. The molecule has 1 aromatic carbocycles. The highest BCUT2D eigenvalue weighted by Gasteiger charge is 2.20. The first-order valence-electron chi connectivity index (χ1n) is 7.06. The number of β-amino-alcohol motifs (C(OH)–C–C–N with tert-alkyl or cyclic N) is 1. The van der Waals surface area contributed by atoms with Gasteiger partial charge in [-0.25, -0.2) is 4.79 Å². The van der Waals surface area contributed by atoms with Crippen molar-refractivity contribution in [3.8, 4) is 0 Å². The molecule has 0 aromatic heterocycles. The third-order valence-electron chi connectivity index (χ3n) is 3.55. The highest BCUT2D eigenvalue weighted by molar-refractivity contribution is 5.89. The van der Waals surface area contributed by atoms with E-state index in [9.17, 15) is 4.79 Å². The predicted octanol–water partition coefficient (Wildman–Crippen LogP) is 1.45. The fraction of sp³-hybridized carbons (Fsp3) is 0.533. The van der Waals surface area contributed by atoms with Gasteiger partial charge in [-0.05, 0) is 37.1 Å². The van der Waals surface area contributed by atoms with Gasteiger partial charge in [-0.1, -0.05) is 6.07 Å². The van der Waals surface area contributed by atoms with Crippen molar-refractivity contribution in [3.63, 3.8) is 0 Å². The van der Waals surface area contributed by atoms with Gasteiger partial charge in [-0.15, -0.1) is 0 Å². The quantitative estimate of drug-likeness (QED) is 0.879. The van der Waals surface area contributed by atoms with Crippen LogP contribution in [0.4, 0.5) is 10.5 Å². The maximum Gasteiger partial charge on any atom is 0.321 e. The van der Waals surface area contributed by atoms with Gasteiger partial charge in [0, 0.05) is 38.4 Å². The molecule has 20 heavy (non-hydrogen) atoms. The Morgan fingerprint density at radius 1 is 1.15 bits per heavy atom. The Balaban J connectivity index is 1.89. The molecule has 0 atom stereocenters. The summed E-state index contributed by atoms with van der Waals surface area (Å²) < 4.78 is 0. The number of anilines is 1. The van der Waals surface area contributed by atoms with Crippen LogP contribution in [0.5, 0.6) is 0 Å². The Morgan fingerprint density at radius 2 is 1.75 bits per heavy atom. The van der Waals surface area contributed by atoms with Crippen LogP contribution < -0.4 is 5.32 Å². The third-order valence-corrected chi connectivity index (χ3v) is 3.55. The van der Waals surface area contributed by atoms with E-state index < -0.39 is 0 Å². The van der Waals surface area contributed by atoms with E-state index in [2.05, 4.69) is 16.3 Å². The number of benzene rings is 1. The highest BCUT2D eigenvalue weighted by atomic mass is 16.3. The number of rotatable bonds is 3. The van der Waals surface area contributed by atoms with Gasteiger partial charge in [-0.2, -0.15) is 0 Å². The Labute approximate surface area is 120 Å². The lowest BCUT2D eigenvalue weighted by Crippen LogP contribution is -2.50. The number of amides is 2. The van der Waals surface area contributed by atoms with Crippen LogP contribution >= 0.6 is 0 Å². The summed E-state index contributed by atoms with van der Waals surface area (Å²) in [6.07, 6.45) is 0. The monoisotopic (exact) mass is 277 g/mol. The molecule has 1 aliphatic heterocycles. The first kappa shape index (κ1) is 14.8. The lowest BCUT2D eigenvalue weighted by molar-refractivity contribution is 0.127. The molecular formula is C15H23N3O2. The summed E-state index contributed by atoms with van der Waals surface area (Å²) in [6.45, 7) is 7.96. The van der Waals surface area contributed by atoms with E-state index in [1.165, 1.54) is 0 Å². The van der Waals surface area contributed by atoms with E-state index >= 15 is 0 Å². The third kappa shape index (κ3) is 3.95. The summed E-state index contributed by atoms with van der Waals surface area (Å²) in [5.74, 6) is 0. The molecule has 110 valence electrons. The minimum atomic E-state index is -0.0429. The van der Waals surface area contributed by atoms with E-state index in [1.54, 1.807) is 0 Å². The summed E-state index contributed by atoms with van der Waals surface area (Å²) in [6, 6.07) is 6.00. The van der Waals surface area contributed by atoms with Gasteiger partial charge in [0.2, 0.25) is 0 Å². The lowest BCUT2D eigenvalue weighted by Gasteiger charge is -2.34. The molecule has 5 heteroatoms. The number of piperazine rings is 1. The standard InChI is InChI=1S/C15H23N3O2/c1-12-9-13(2)11-14(10-12)16-15(20)18-5-3-17(4-6-18)7-8-19/h9-11,19H,3-8H2,1-2H3,(H,16,20). The van der Waals surface area contributed by atoms with Crippen LogP contribution in [0.25, 0.3) is 0 Å². The van der Waals surface area contributed by atoms with Crippen molar-refractivity contribution in [2.24, 2.45) is 0 Å². The summed E-state index contributed by atoms with van der Waals surface area (Å²) in [5, 5.41) is 11.9. The Bertz CT molecular complexity index is 448. The SMILES string of the molecule is Cc1cc(C)cc(NC(=O)N2CCN(CCO)CC2)c1. The van der Waals surface area contributed by atoms with Crippen molar-refractivity contribution >= 4 is 11.7 Å². The second kappa shape index (κ2) is 6.72. The number of hydrogen-bond donors (Lipinski definition) is 2. The van der Waals surface area contributed by atoms with Crippen molar-refractivity contribution in [2.75, 3.05) is 44.6 Å². The van der Waals surface area contributed by atoms with Crippen LogP contribution in [-0.4, -0.2) is 60.3 Å².